The molecule has 0 atom stereocenters. The number of ether oxygens (including phenoxy) is 1. The fourth-order valence-corrected chi connectivity index (χ4v) is 4.27. The maximum atomic E-state index is 13.9. The van der Waals surface area contributed by atoms with E-state index in [1.165, 1.54) is 23.9 Å². The first kappa shape index (κ1) is 24.5. The number of thioether (sulfide) groups is 1. The van der Waals surface area contributed by atoms with Crippen molar-refractivity contribution in [1.82, 2.24) is 14.8 Å². The minimum absolute atomic E-state index is 0.0229. The lowest BCUT2D eigenvalue weighted by Gasteiger charge is -2.12. The van der Waals surface area contributed by atoms with Crippen LogP contribution < -0.4 is 10.1 Å². The zero-order chi connectivity index (χ0) is 24.6. The van der Waals surface area contributed by atoms with E-state index in [4.69, 9.17) is 16.3 Å². The Hall–Kier alpha value is -3.62. The molecule has 9 heteroatoms. The number of benzene rings is 3. The van der Waals surface area contributed by atoms with Crippen LogP contribution in [0, 0.1) is 5.82 Å². The number of carbonyl (C=O) groups excluding carboxylic acids is 1. The number of para-hydroxylation sites is 1. The summed E-state index contributed by atoms with van der Waals surface area (Å²) in [5, 5.41) is 11.8. The Morgan fingerprint density at radius 1 is 1.11 bits per heavy atom. The quantitative estimate of drug-likeness (QED) is 0.203. The number of nitrogens with one attached hydrogen (secondary N) is 1. The molecule has 0 saturated carbocycles. The molecular weight excluding hydrogens is 487 g/mol. The van der Waals surface area contributed by atoms with Gasteiger partial charge >= 0.3 is 0 Å². The van der Waals surface area contributed by atoms with Crippen molar-refractivity contribution in [1.29, 1.82) is 0 Å². The summed E-state index contributed by atoms with van der Waals surface area (Å²) >= 11 is 6.95. The second kappa shape index (κ2) is 11.7. The molecule has 0 fully saturated rings. The first-order valence-electron chi connectivity index (χ1n) is 10.7. The number of aromatic nitrogens is 3. The molecule has 0 aliphatic heterocycles. The normalized spacial score (nSPS) is 10.7. The van der Waals surface area contributed by atoms with Crippen molar-refractivity contribution in [3.05, 3.63) is 102 Å². The molecule has 4 aromatic rings. The molecule has 35 heavy (non-hydrogen) atoms. The number of halogens is 2. The van der Waals surface area contributed by atoms with Crippen LogP contribution >= 0.6 is 23.4 Å². The van der Waals surface area contributed by atoms with E-state index in [9.17, 15) is 9.18 Å². The fourth-order valence-electron chi connectivity index (χ4n) is 3.34. The van der Waals surface area contributed by atoms with E-state index >= 15 is 0 Å². The van der Waals surface area contributed by atoms with E-state index in [2.05, 4.69) is 22.1 Å². The second-order valence-electron chi connectivity index (χ2n) is 7.41. The van der Waals surface area contributed by atoms with Crippen LogP contribution in [0.25, 0.3) is 11.1 Å². The molecule has 6 nitrogen and oxygen atoms in total. The zero-order valence-corrected chi connectivity index (χ0v) is 20.2. The Morgan fingerprint density at radius 2 is 1.89 bits per heavy atom. The summed E-state index contributed by atoms with van der Waals surface area (Å²) < 4.78 is 21.9. The molecule has 0 spiro atoms. The van der Waals surface area contributed by atoms with E-state index in [0.29, 0.717) is 17.5 Å². The Kier molecular flexibility index (Phi) is 8.18. The number of anilines is 1. The van der Waals surface area contributed by atoms with Gasteiger partial charge in [0.25, 0.3) is 0 Å². The van der Waals surface area contributed by atoms with Crippen molar-refractivity contribution in [3.8, 4) is 16.9 Å². The highest BCUT2D eigenvalue weighted by Gasteiger charge is 2.16. The van der Waals surface area contributed by atoms with Crippen LogP contribution in [-0.4, -0.2) is 26.4 Å². The van der Waals surface area contributed by atoms with Crippen molar-refractivity contribution in [2.45, 2.75) is 18.3 Å². The first-order valence-corrected chi connectivity index (χ1v) is 12.1. The molecule has 0 aliphatic rings. The predicted octanol–water partition coefficient (Wildman–Crippen LogP) is 6.23. The first-order chi connectivity index (χ1) is 17.0. The predicted molar refractivity (Wildman–Crippen MR) is 137 cm³/mol. The maximum absolute atomic E-state index is 13.9. The van der Waals surface area contributed by atoms with Crippen LogP contribution in [0.1, 0.15) is 5.82 Å². The van der Waals surface area contributed by atoms with Gasteiger partial charge in [-0.1, -0.05) is 78.0 Å². The SMILES string of the molecule is C=CCn1c(COc2ccccc2-c2ccccc2)nnc1SCC(=O)Nc1ccc(Cl)cc1F. The van der Waals surface area contributed by atoms with E-state index in [-0.39, 0.29) is 29.0 Å². The van der Waals surface area contributed by atoms with Crippen LogP contribution in [0.3, 0.4) is 0 Å². The van der Waals surface area contributed by atoms with E-state index in [0.717, 1.165) is 22.9 Å². The van der Waals surface area contributed by atoms with Gasteiger partial charge in [0.2, 0.25) is 5.91 Å². The molecule has 0 unspecified atom stereocenters. The number of carbonyl (C=O) groups is 1. The van der Waals surface area contributed by atoms with Crippen molar-refractivity contribution in [2.24, 2.45) is 0 Å². The molecule has 1 aromatic heterocycles. The number of allylic oxidation sites excluding steroid dienone is 1. The van der Waals surface area contributed by atoms with Crippen molar-refractivity contribution in [2.75, 3.05) is 11.1 Å². The largest absolute Gasteiger partial charge is 0.485 e. The van der Waals surface area contributed by atoms with Crippen molar-refractivity contribution < 1.29 is 13.9 Å². The van der Waals surface area contributed by atoms with Crippen LogP contribution in [0.15, 0.2) is 90.6 Å². The summed E-state index contributed by atoms with van der Waals surface area (Å²) in [5.41, 5.74) is 2.09. The lowest BCUT2D eigenvalue weighted by Crippen LogP contribution is -2.16. The van der Waals surface area contributed by atoms with Gasteiger partial charge in [-0.25, -0.2) is 4.39 Å². The molecule has 1 amide bonds. The van der Waals surface area contributed by atoms with Gasteiger partial charge in [0, 0.05) is 17.1 Å². The minimum Gasteiger partial charge on any atom is -0.485 e. The number of rotatable bonds is 10. The fraction of sp³-hybridized carbons (Fsp3) is 0.115. The van der Waals surface area contributed by atoms with Gasteiger partial charge in [0.1, 0.15) is 18.2 Å². The summed E-state index contributed by atoms with van der Waals surface area (Å²) in [5.74, 6) is 0.374. The number of hydrogen-bond acceptors (Lipinski definition) is 5. The molecule has 1 heterocycles. The topological polar surface area (TPSA) is 69.0 Å². The van der Waals surface area contributed by atoms with Gasteiger partial charge in [-0.2, -0.15) is 0 Å². The highest BCUT2D eigenvalue weighted by Crippen LogP contribution is 2.30. The van der Waals surface area contributed by atoms with Crippen molar-refractivity contribution in [3.63, 3.8) is 0 Å². The smallest absolute Gasteiger partial charge is 0.234 e. The van der Waals surface area contributed by atoms with E-state index < -0.39 is 5.82 Å². The van der Waals surface area contributed by atoms with Crippen molar-refractivity contribution >= 4 is 35.0 Å². The van der Waals surface area contributed by atoms with Gasteiger partial charge in [0.15, 0.2) is 11.0 Å². The lowest BCUT2D eigenvalue weighted by atomic mass is 10.1. The molecule has 1 N–H and O–H groups in total. The summed E-state index contributed by atoms with van der Waals surface area (Å²) in [4.78, 5) is 12.3. The number of nitrogens with zero attached hydrogens (tertiary/aromatic N) is 3. The standard InChI is InChI=1S/C26H22ClFN4O2S/c1-2-14-32-24(16-34-23-11-7-6-10-20(23)18-8-4-3-5-9-18)30-31-26(32)35-17-25(33)29-22-13-12-19(27)15-21(22)28/h2-13,15H,1,14,16-17H2,(H,29,33). The third-order valence-corrected chi connectivity index (χ3v) is 6.17. The lowest BCUT2D eigenvalue weighted by molar-refractivity contribution is -0.113. The summed E-state index contributed by atoms with van der Waals surface area (Å²) in [7, 11) is 0. The summed E-state index contributed by atoms with van der Waals surface area (Å²) in [6.07, 6.45) is 1.72. The van der Waals surface area contributed by atoms with Gasteiger partial charge in [-0.05, 0) is 29.8 Å². The molecule has 178 valence electrons. The third-order valence-electron chi connectivity index (χ3n) is 4.97. The summed E-state index contributed by atoms with van der Waals surface area (Å²) in [6.45, 7) is 4.43. The molecule has 0 saturated heterocycles. The van der Waals surface area contributed by atoms with E-state index in [1.54, 1.807) is 6.08 Å². The average molecular weight is 509 g/mol. The second-order valence-corrected chi connectivity index (χ2v) is 8.79. The molecule has 0 radical (unpaired) electrons. The highest BCUT2D eigenvalue weighted by atomic mass is 35.5. The maximum Gasteiger partial charge on any atom is 0.234 e. The zero-order valence-electron chi connectivity index (χ0n) is 18.7. The van der Waals surface area contributed by atoms with Crippen LogP contribution in [0.2, 0.25) is 5.02 Å². The Bertz CT molecular complexity index is 1330. The van der Waals surface area contributed by atoms with Gasteiger partial charge in [-0.3, -0.25) is 9.36 Å². The average Bonchev–Trinajstić information content (AvgIpc) is 3.25. The molecular formula is C26H22ClFN4O2S. The van der Waals surface area contributed by atoms with Gasteiger partial charge < -0.3 is 10.1 Å². The Balaban J connectivity index is 1.43. The van der Waals surface area contributed by atoms with Gasteiger partial charge in [0.05, 0.1) is 11.4 Å². The number of amides is 1. The number of hydrogen-bond donors (Lipinski definition) is 1. The van der Waals surface area contributed by atoms with Gasteiger partial charge in [-0.15, -0.1) is 16.8 Å². The molecule has 0 bridgehead atoms. The monoisotopic (exact) mass is 508 g/mol. The molecule has 0 aliphatic carbocycles. The Labute approximate surface area is 211 Å². The molecule has 3 aromatic carbocycles. The Morgan fingerprint density at radius 3 is 2.66 bits per heavy atom. The molecule has 4 rings (SSSR count). The van der Waals surface area contributed by atoms with Crippen LogP contribution in [0.4, 0.5) is 10.1 Å². The summed E-state index contributed by atoms with van der Waals surface area (Å²) in [6, 6.07) is 21.8. The van der Waals surface area contributed by atoms with Crippen LogP contribution in [-0.2, 0) is 17.9 Å². The van der Waals surface area contributed by atoms with E-state index in [1.807, 2.05) is 59.2 Å². The van der Waals surface area contributed by atoms with Crippen LogP contribution in [0.5, 0.6) is 5.75 Å². The highest BCUT2D eigenvalue weighted by molar-refractivity contribution is 7.99. The minimum atomic E-state index is -0.596. The third kappa shape index (κ3) is 6.29.